The summed E-state index contributed by atoms with van der Waals surface area (Å²) in [6.45, 7) is 4.28. The molecule has 0 bridgehead atoms. The van der Waals surface area contributed by atoms with Crippen molar-refractivity contribution in [2.75, 3.05) is 20.8 Å². The van der Waals surface area contributed by atoms with Crippen molar-refractivity contribution in [2.45, 2.75) is 37.8 Å². The van der Waals surface area contributed by atoms with Crippen molar-refractivity contribution in [3.63, 3.8) is 0 Å². The normalized spacial score (nSPS) is 12.3. The first-order chi connectivity index (χ1) is 13.8. The van der Waals surface area contributed by atoms with Gasteiger partial charge in [0.05, 0.1) is 7.11 Å². The number of hydrogen-bond donors (Lipinski definition) is 0. The zero-order valence-corrected chi connectivity index (χ0v) is 17.9. The van der Waals surface area contributed by atoms with Gasteiger partial charge in [-0.1, -0.05) is 19.1 Å². The fourth-order valence-electron chi connectivity index (χ4n) is 2.73. The fraction of sp³-hybridized carbons (Fsp3) is 0.381. The van der Waals surface area contributed by atoms with Gasteiger partial charge in [-0.2, -0.15) is 8.42 Å². The largest absolute Gasteiger partial charge is 0.497 e. The van der Waals surface area contributed by atoms with Crippen LogP contribution < -0.4 is 8.92 Å². The van der Waals surface area contributed by atoms with E-state index >= 15 is 0 Å². The summed E-state index contributed by atoms with van der Waals surface area (Å²) in [4.78, 5) is 14.1. The molecule has 0 aliphatic carbocycles. The molecule has 158 valence electrons. The predicted octanol–water partition coefficient (Wildman–Crippen LogP) is 3.24. The van der Waals surface area contributed by atoms with Crippen LogP contribution in [0.2, 0.25) is 0 Å². The second-order valence-corrected chi connectivity index (χ2v) is 8.12. The summed E-state index contributed by atoms with van der Waals surface area (Å²) in [6, 6.07) is 12.7. The maximum atomic E-state index is 12.5. The first-order valence-corrected chi connectivity index (χ1v) is 10.7. The van der Waals surface area contributed by atoms with E-state index in [2.05, 4.69) is 0 Å². The van der Waals surface area contributed by atoms with E-state index in [1.165, 1.54) is 26.4 Å². The molecule has 2 aromatic rings. The highest BCUT2D eigenvalue weighted by molar-refractivity contribution is 7.87. The topological polar surface area (TPSA) is 82.1 Å². The SMILES string of the molecule is CCC(C)N(Cc1cccc(OS(=O)(=O)c2ccc(OC)cc2)c1)C(=O)COC. The second-order valence-electron chi connectivity index (χ2n) is 6.57. The Bertz CT molecular complexity index is 911. The summed E-state index contributed by atoms with van der Waals surface area (Å²) >= 11 is 0. The molecule has 0 aliphatic heterocycles. The highest BCUT2D eigenvalue weighted by Crippen LogP contribution is 2.23. The predicted molar refractivity (Wildman–Crippen MR) is 109 cm³/mol. The summed E-state index contributed by atoms with van der Waals surface area (Å²) in [5.74, 6) is 0.609. The van der Waals surface area contributed by atoms with Crippen molar-refractivity contribution >= 4 is 16.0 Å². The number of methoxy groups -OCH3 is 2. The van der Waals surface area contributed by atoms with Gasteiger partial charge in [0, 0.05) is 19.7 Å². The molecule has 8 heteroatoms. The third-order valence-corrected chi connectivity index (χ3v) is 5.78. The van der Waals surface area contributed by atoms with E-state index in [0.29, 0.717) is 12.3 Å². The molecule has 0 radical (unpaired) electrons. The van der Waals surface area contributed by atoms with Crippen molar-refractivity contribution in [2.24, 2.45) is 0 Å². The number of nitrogens with zero attached hydrogens (tertiary/aromatic N) is 1. The lowest BCUT2D eigenvalue weighted by Gasteiger charge is -2.28. The van der Waals surface area contributed by atoms with Gasteiger partial charge in [-0.25, -0.2) is 0 Å². The smallest absolute Gasteiger partial charge is 0.339 e. The molecule has 0 saturated carbocycles. The highest BCUT2D eigenvalue weighted by Gasteiger charge is 2.20. The third kappa shape index (κ3) is 6.20. The fourth-order valence-corrected chi connectivity index (χ4v) is 3.65. The summed E-state index contributed by atoms with van der Waals surface area (Å²) in [7, 11) is -1.00. The summed E-state index contributed by atoms with van der Waals surface area (Å²) in [6.07, 6.45) is 0.789. The van der Waals surface area contributed by atoms with Crippen LogP contribution in [0.5, 0.6) is 11.5 Å². The Balaban J connectivity index is 2.20. The molecule has 0 N–H and O–H groups in total. The molecule has 0 heterocycles. The second kappa shape index (κ2) is 10.3. The molecular formula is C21H27NO6S. The van der Waals surface area contributed by atoms with Crippen molar-refractivity contribution in [3.8, 4) is 11.5 Å². The minimum absolute atomic E-state index is 0.00756. The first-order valence-electron chi connectivity index (χ1n) is 9.26. The Labute approximate surface area is 172 Å². The zero-order chi connectivity index (χ0) is 21.4. The maximum absolute atomic E-state index is 12.5. The van der Waals surface area contributed by atoms with Crippen LogP contribution in [0.1, 0.15) is 25.8 Å². The van der Waals surface area contributed by atoms with Crippen molar-refractivity contribution in [3.05, 3.63) is 54.1 Å². The van der Waals surface area contributed by atoms with Crippen LogP contribution in [0, 0.1) is 0 Å². The molecule has 29 heavy (non-hydrogen) atoms. The minimum atomic E-state index is -3.99. The summed E-state index contributed by atoms with van der Waals surface area (Å²) in [5, 5.41) is 0. The van der Waals surface area contributed by atoms with Gasteiger partial charge in [0.25, 0.3) is 0 Å². The quantitative estimate of drug-likeness (QED) is 0.548. The van der Waals surface area contributed by atoms with E-state index in [4.69, 9.17) is 13.7 Å². The van der Waals surface area contributed by atoms with Crippen LogP contribution in [-0.4, -0.2) is 46.1 Å². The molecule has 7 nitrogen and oxygen atoms in total. The van der Waals surface area contributed by atoms with E-state index in [1.807, 2.05) is 19.9 Å². The number of hydrogen-bond acceptors (Lipinski definition) is 6. The number of carbonyl (C=O) groups excluding carboxylic acids is 1. The van der Waals surface area contributed by atoms with Gasteiger partial charge < -0.3 is 18.6 Å². The van der Waals surface area contributed by atoms with Crippen LogP contribution in [0.25, 0.3) is 0 Å². The Morgan fingerprint density at radius 2 is 1.76 bits per heavy atom. The standard InChI is InChI=1S/C21H27NO6S/c1-5-16(2)22(21(23)15-26-3)14-17-7-6-8-19(13-17)28-29(24,25)20-11-9-18(27-4)10-12-20/h6-13,16H,5,14-15H2,1-4H3. The average molecular weight is 422 g/mol. The molecule has 0 saturated heterocycles. The number of carbonyl (C=O) groups is 1. The van der Waals surface area contributed by atoms with E-state index < -0.39 is 10.1 Å². The summed E-state index contributed by atoms with van der Waals surface area (Å²) < 4.78 is 40.4. The molecule has 2 aromatic carbocycles. The summed E-state index contributed by atoms with van der Waals surface area (Å²) in [5.41, 5.74) is 0.761. The highest BCUT2D eigenvalue weighted by atomic mass is 32.2. The number of ether oxygens (including phenoxy) is 2. The minimum Gasteiger partial charge on any atom is -0.497 e. The molecular weight excluding hydrogens is 394 g/mol. The van der Waals surface area contributed by atoms with Crippen molar-refractivity contribution in [1.29, 1.82) is 0 Å². The molecule has 0 spiro atoms. The molecule has 0 aliphatic rings. The lowest BCUT2D eigenvalue weighted by molar-refractivity contribution is -0.138. The molecule has 0 fully saturated rings. The Hall–Kier alpha value is -2.58. The van der Waals surface area contributed by atoms with Gasteiger partial charge >= 0.3 is 10.1 Å². The molecule has 1 amide bonds. The molecule has 1 atom stereocenters. The van der Waals surface area contributed by atoms with Gasteiger partial charge in [0.15, 0.2) is 0 Å². The van der Waals surface area contributed by atoms with Crippen LogP contribution in [-0.2, 0) is 26.2 Å². The van der Waals surface area contributed by atoms with Gasteiger partial charge in [-0.15, -0.1) is 0 Å². The van der Waals surface area contributed by atoms with Gasteiger partial charge in [0.1, 0.15) is 23.0 Å². The number of amides is 1. The Morgan fingerprint density at radius 1 is 1.07 bits per heavy atom. The Morgan fingerprint density at radius 3 is 2.34 bits per heavy atom. The van der Waals surface area contributed by atoms with Crippen LogP contribution in [0.15, 0.2) is 53.4 Å². The van der Waals surface area contributed by atoms with E-state index in [0.717, 1.165) is 12.0 Å². The monoisotopic (exact) mass is 421 g/mol. The number of rotatable bonds is 10. The van der Waals surface area contributed by atoms with Crippen molar-refractivity contribution in [1.82, 2.24) is 4.90 Å². The van der Waals surface area contributed by atoms with Gasteiger partial charge in [-0.3, -0.25) is 4.79 Å². The maximum Gasteiger partial charge on any atom is 0.339 e. The molecule has 1 unspecified atom stereocenters. The number of benzene rings is 2. The molecule has 0 aromatic heterocycles. The lowest BCUT2D eigenvalue weighted by Crippen LogP contribution is -2.39. The van der Waals surface area contributed by atoms with Gasteiger partial charge in [0.2, 0.25) is 5.91 Å². The van der Waals surface area contributed by atoms with Crippen LogP contribution >= 0.6 is 0 Å². The van der Waals surface area contributed by atoms with Crippen LogP contribution in [0.4, 0.5) is 0 Å². The average Bonchev–Trinajstić information content (AvgIpc) is 2.71. The van der Waals surface area contributed by atoms with E-state index in [-0.39, 0.29) is 29.2 Å². The van der Waals surface area contributed by atoms with E-state index in [9.17, 15) is 13.2 Å². The van der Waals surface area contributed by atoms with Gasteiger partial charge in [-0.05, 0) is 55.3 Å². The van der Waals surface area contributed by atoms with Crippen LogP contribution in [0.3, 0.4) is 0 Å². The third-order valence-electron chi connectivity index (χ3n) is 4.52. The molecule has 2 rings (SSSR count). The Kier molecular flexibility index (Phi) is 8.04. The zero-order valence-electron chi connectivity index (χ0n) is 17.1. The van der Waals surface area contributed by atoms with Crippen molar-refractivity contribution < 1.29 is 26.9 Å². The van der Waals surface area contributed by atoms with E-state index in [1.54, 1.807) is 35.2 Å². The first kappa shape index (κ1) is 22.7. The lowest BCUT2D eigenvalue weighted by atomic mass is 10.1.